The van der Waals surface area contributed by atoms with E-state index in [0.29, 0.717) is 31.3 Å². The molecule has 0 aromatic heterocycles. The monoisotopic (exact) mass is 425 g/mol. The van der Waals surface area contributed by atoms with Crippen molar-refractivity contribution in [2.24, 2.45) is 28.7 Å². The van der Waals surface area contributed by atoms with Crippen LogP contribution in [0.15, 0.2) is 41.4 Å². The van der Waals surface area contributed by atoms with Gasteiger partial charge in [-0.15, -0.1) is 0 Å². The van der Waals surface area contributed by atoms with E-state index in [9.17, 15) is 14.4 Å². The highest BCUT2D eigenvalue weighted by Gasteiger charge is 2.58. The number of nitrogens with one attached hydrogen (secondary N) is 3. The van der Waals surface area contributed by atoms with Gasteiger partial charge in [0.05, 0.1) is 18.9 Å². The summed E-state index contributed by atoms with van der Waals surface area (Å²) in [6, 6.07) is 7.34. The molecule has 4 unspecified atom stereocenters. The summed E-state index contributed by atoms with van der Waals surface area (Å²) in [5, 5.41) is 8.96. The lowest BCUT2D eigenvalue weighted by molar-refractivity contribution is -0.140. The van der Waals surface area contributed by atoms with Crippen molar-refractivity contribution < 1.29 is 19.1 Å². The number of benzene rings is 1. The maximum absolute atomic E-state index is 12.7. The van der Waals surface area contributed by atoms with Gasteiger partial charge in [-0.3, -0.25) is 24.8 Å². The zero-order valence-electron chi connectivity index (χ0n) is 17.6. The van der Waals surface area contributed by atoms with Crippen LogP contribution in [0.2, 0.25) is 0 Å². The molecular formula is C22H27N5O4. The Morgan fingerprint density at radius 3 is 2.32 bits per heavy atom. The number of fused-ring (bicyclic) bond motifs is 5. The van der Waals surface area contributed by atoms with Crippen molar-refractivity contribution in [3.8, 4) is 0 Å². The second kappa shape index (κ2) is 8.79. The molecule has 164 valence electrons. The summed E-state index contributed by atoms with van der Waals surface area (Å²) in [4.78, 5) is 42.3. The number of hydrogen-bond donors (Lipinski definition) is 3. The lowest BCUT2D eigenvalue weighted by Crippen LogP contribution is -2.43. The zero-order chi connectivity index (χ0) is 22.0. The number of amides is 3. The number of carbonyl (C=O) groups is 3. The van der Waals surface area contributed by atoms with Gasteiger partial charge in [0.1, 0.15) is 0 Å². The van der Waals surface area contributed by atoms with Gasteiger partial charge in [0.2, 0.25) is 11.8 Å². The molecule has 2 fully saturated rings. The molecule has 1 heterocycles. The molecule has 31 heavy (non-hydrogen) atoms. The minimum atomic E-state index is -0.516. The number of carbonyl (C=O) groups excluding carboxylic acids is 3. The summed E-state index contributed by atoms with van der Waals surface area (Å²) >= 11 is 0. The van der Waals surface area contributed by atoms with Crippen molar-refractivity contribution in [1.29, 1.82) is 0 Å². The SMILES string of the molecule is CN=C(NCCN1C(=O)C2C3C=CC(C3)C2C1=O)NCc1ccc(NC(=O)OC)cc1. The summed E-state index contributed by atoms with van der Waals surface area (Å²) in [5.74, 6) is 0.668. The first kappa shape index (κ1) is 20.9. The molecule has 0 radical (unpaired) electrons. The molecule has 3 N–H and O–H groups in total. The van der Waals surface area contributed by atoms with Gasteiger partial charge in [-0.05, 0) is 36.0 Å². The summed E-state index contributed by atoms with van der Waals surface area (Å²) in [5.41, 5.74) is 1.64. The van der Waals surface area contributed by atoms with Crippen LogP contribution in [0.25, 0.3) is 0 Å². The number of allylic oxidation sites excluding steroid dienone is 2. The fraction of sp³-hybridized carbons (Fsp3) is 0.455. The molecule has 2 bridgehead atoms. The molecular weight excluding hydrogens is 398 g/mol. The average Bonchev–Trinajstić information content (AvgIpc) is 3.46. The number of guanidine groups is 1. The van der Waals surface area contributed by atoms with Crippen molar-refractivity contribution >= 4 is 29.6 Å². The van der Waals surface area contributed by atoms with Crippen LogP contribution in [-0.2, 0) is 20.9 Å². The first-order valence-electron chi connectivity index (χ1n) is 10.4. The molecule has 1 aliphatic heterocycles. The first-order valence-corrected chi connectivity index (χ1v) is 10.4. The van der Waals surface area contributed by atoms with Crippen LogP contribution in [0, 0.1) is 23.7 Å². The molecule has 3 aliphatic rings. The van der Waals surface area contributed by atoms with Crippen LogP contribution in [0.4, 0.5) is 10.5 Å². The highest BCUT2D eigenvalue weighted by atomic mass is 16.5. The molecule has 2 aliphatic carbocycles. The number of ether oxygens (including phenoxy) is 1. The van der Waals surface area contributed by atoms with E-state index in [1.165, 1.54) is 12.0 Å². The summed E-state index contributed by atoms with van der Waals surface area (Å²) in [6.45, 7) is 1.29. The molecule has 1 saturated carbocycles. The van der Waals surface area contributed by atoms with Crippen LogP contribution in [-0.4, -0.2) is 56.0 Å². The van der Waals surface area contributed by atoms with E-state index in [1.807, 2.05) is 12.1 Å². The number of methoxy groups -OCH3 is 1. The van der Waals surface area contributed by atoms with Crippen molar-refractivity contribution in [3.63, 3.8) is 0 Å². The zero-order valence-corrected chi connectivity index (χ0v) is 17.6. The number of nitrogens with zero attached hydrogens (tertiary/aromatic N) is 2. The average molecular weight is 425 g/mol. The Bertz CT molecular complexity index is 896. The third kappa shape index (κ3) is 4.12. The maximum Gasteiger partial charge on any atom is 0.411 e. The van der Waals surface area contributed by atoms with Gasteiger partial charge in [-0.1, -0.05) is 24.3 Å². The number of anilines is 1. The molecule has 0 spiro atoms. The quantitative estimate of drug-likeness (QED) is 0.274. The predicted molar refractivity (Wildman–Crippen MR) is 115 cm³/mol. The predicted octanol–water partition coefficient (Wildman–Crippen LogP) is 1.34. The van der Waals surface area contributed by atoms with Crippen LogP contribution in [0.5, 0.6) is 0 Å². The fourth-order valence-corrected chi connectivity index (χ4v) is 4.75. The Kier molecular flexibility index (Phi) is 5.92. The van der Waals surface area contributed by atoms with Gasteiger partial charge in [0.15, 0.2) is 5.96 Å². The molecule has 9 nitrogen and oxygen atoms in total. The van der Waals surface area contributed by atoms with E-state index in [2.05, 4.69) is 37.8 Å². The number of hydrogen-bond acceptors (Lipinski definition) is 5. The number of imide groups is 1. The van der Waals surface area contributed by atoms with Gasteiger partial charge < -0.3 is 15.4 Å². The van der Waals surface area contributed by atoms with Gasteiger partial charge in [0, 0.05) is 32.4 Å². The molecule has 9 heteroatoms. The van der Waals surface area contributed by atoms with Crippen LogP contribution in [0.3, 0.4) is 0 Å². The highest BCUT2D eigenvalue weighted by Crippen LogP contribution is 2.52. The molecule has 4 rings (SSSR count). The highest BCUT2D eigenvalue weighted by molar-refractivity contribution is 6.06. The molecule has 1 aromatic carbocycles. The molecule has 1 saturated heterocycles. The first-order chi connectivity index (χ1) is 15.0. The van der Waals surface area contributed by atoms with Crippen molar-refractivity contribution in [2.75, 3.05) is 32.6 Å². The number of rotatable bonds is 6. The maximum atomic E-state index is 12.7. The Hall–Kier alpha value is -3.36. The van der Waals surface area contributed by atoms with Crippen molar-refractivity contribution in [3.05, 3.63) is 42.0 Å². The van der Waals surface area contributed by atoms with Gasteiger partial charge >= 0.3 is 6.09 Å². The topological polar surface area (TPSA) is 112 Å². The second-order valence-corrected chi connectivity index (χ2v) is 7.99. The summed E-state index contributed by atoms with van der Waals surface area (Å²) in [7, 11) is 2.98. The molecule has 3 amide bonds. The summed E-state index contributed by atoms with van der Waals surface area (Å²) in [6.07, 6.45) is 4.62. The Morgan fingerprint density at radius 2 is 1.74 bits per heavy atom. The minimum absolute atomic E-state index is 0.0303. The van der Waals surface area contributed by atoms with E-state index >= 15 is 0 Å². The van der Waals surface area contributed by atoms with E-state index in [4.69, 9.17) is 0 Å². The standard InChI is InChI=1S/C22H27N5O4/c1-23-21(25-12-13-3-7-16(8-4-13)26-22(30)31-2)24-9-10-27-19(28)17-14-5-6-15(11-14)18(17)20(27)29/h3-8,14-15,17-18H,9-12H2,1-2H3,(H,26,30)(H2,23,24,25). The fourth-order valence-electron chi connectivity index (χ4n) is 4.75. The van der Waals surface area contributed by atoms with Crippen molar-refractivity contribution in [2.45, 2.75) is 13.0 Å². The molecule has 1 aromatic rings. The molecule has 4 atom stereocenters. The van der Waals surface area contributed by atoms with Gasteiger partial charge in [0.25, 0.3) is 0 Å². The third-order valence-electron chi connectivity index (χ3n) is 6.26. The minimum Gasteiger partial charge on any atom is -0.453 e. The Morgan fingerprint density at radius 1 is 1.10 bits per heavy atom. The summed E-state index contributed by atoms with van der Waals surface area (Å²) < 4.78 is 4.57. The smallest absolute Gasteiger partial charge is 0.411 e. The normalized spacial score (nSPS) is 26.3. The second-order valence-electron chi connectivity index (χ2n) is 7.99. The number of aliphatic imine (C=N–C) groups is 1. The van der Waals surface area contributed by atoms with Crippen LogP contribution in [0.1, 0.15) is 12.0 Å². The van der Waals surface area contributed by atoms with E-state index < -0.39 is 6.09 Å². The van der Waals surface area contributed by atoms with Crippen molar-refractivity contribution in [1.82, 2.24) is 15.5 Å². The van der Waals surface area contributed by atoms with E-state index in [1.54, 1.807) is 19.2 Å². The number of likely N-dealkylation sites (tertiary alicyclic amines) is 1. The van der Waals surface area contributed by atoms with Crippen LogP contribution < -0.4 is 16.0 Å². The Balaban J connectivity index is 1.23. The lowest BCUT2D eigenvalue weighted by atomic mass is 9.85. The third-order valence-corrected chi connectivity index (χ3v) is 6.26. The Labute approximate surface area is 180 Å². The van der Waals surface area contributed by atoms with E-state index in [-0.39, 0.29) is 35.5 Å². The largest absolute Gasteiger partial charge is 0.453 e. The van der Waals surface area contributed by atoms with E-state index in [0.717, 1.165) is 12.0 Å². The van der Waals surface area contributed by atoms with Gasteiger partial charge in [-0.25, -0.2) is 4.79 Å². The van der Waals surface area contributed by atoms with Crippen LogP contribution >= 0.6 is 0 Å². The van der Waals surface area contributed by atoms with Gasteiger partial charge in [-0.2, -0.15) is 0 Å². The lowest BCUT2D eigenvalue weighted by Gasteiger charge is -2.18.